The Morgan fingerprint density at radius 2 is 1.79 bits per heavy atom. The molecule has 0 amide bonds. The number of allylic oxidation sites excluding steroid dienone is 2. The number of nitrogen functional groups attached to an aromatic ring is 1. The van der Waals surface area contributed by atoms with E-state index in [1.54, 1.807) is 12.1 Å². The maximum atomic E-state index is 13.5. The number of likely N-dealkylation sites (N-methyl/N-ethyl adjacent to an activating group) is 1. The number of anilines is 1. The summed E-state index contributed by atoms with van der Waals surface area (Å²) in [6.07, 6.45) is -1.32. The Labute approximate surface area is 220 Å². The van der Waals surface area contributed by atoms with E-state index in [-0.39, 0.29) is 11.4 Å². The van der Waals surface area contributed by atoms with Gasteiger partial charge in [-0.05, 0) is 56.0 Å². The molecule has 2 heterocycles. The van der Waals surface area contributed by atoms with Gasteiger partial charge in [-0.15, -0.1) is 0 Å². The van der Waals surface area contributed by atoms with Crippen LogP contribution in [0.4, 0.5) is 18.9 Å². The predicted molar refractivity (Wildman–Crippen MR) is 147 cm³/mol. The Balaban J connectivity index is 1.69. The number of halogens is 3. The zero-order chi connectivity index (χ0) is 27.6. The number of hydrogen-bond acceptors (Lipinski definition) is 8. The second-order valence-electron chi connectivity index (χ2n) is 9.93. The third kappa shape index (κ3) is 5.53. The molecule has 1 aromatic carbocycles. The van der Waals surface area contributed by atoms with Crippen molar-refractivity contribution in [3.05, 3.63) is 53.0 Å². The largest absolute Gasteiger partial charge is 0.433 e. The number of hydrogen-bond donors (Lipinski definition) is 5. The van der Waals surface area contributed by atoms with Crippen LogP contribution in [0.5, 0.6) is 0 Å². The summed E-state index contributed by atoms with van der Waals surface area (Å²) in [5, 5.41) is 20.6. The first-order valence-electron chi connectivity index (χ1n) is 12.8. The highest BCUT2D eigenvalue weighted by atomic mass is 19.4. The van der Waals surface area contributed by atoms with Crippen LogP contribution in [0.1, 0.15) is 35.2 Å². The molecule has 4 rings (SSSR count). The van der Waals surface area contributed by atoms with E-state index in [0.717, 1.165) is 57.3 Å². The summed E-state index contributed by atoms with van der Waals surface area (Å²) in [6, 6.07) is 3.26. The van der Waals surface area contributed by atoms with Crippen LogP contribution in [0.15, 0.2) is 30.6 Å². The molecule has 11 heteroatoms. The van der Waals surface area contributed by atoms with Crippen molar-refractivity contribution in [3.8, 4) is 0 Å². The molecular weight excluding hydrogens is 493 g/mol. The monoisotopic (exact) mass is 528 g/mol. The summed E-state index contributed by atoms with van der Waals surface area (Å²) < 4.78 is 40.4. The van der Waals surface area contributed by atoms with Gasteiger partial charge in [0.05, 0.1) is 22.6 Å². The fourth-order valence-electron chi connectivity index (χ4n) is 5.24. The Bertz CT molecular complexity index is 1290. The number of nitrogens with one attached hydrogen (secondary N) is 3. The number of rotatable bonds is 8. The molecule has 1 aliphatic carbocycles. The summed E-state index contributed by atoms with van der Waals surface area (Å²) in [7, 11) is 2.11. The SMILES string of the molecule is C=C(NCCN1CCN(C)CC1)C(=N)c1c(N)ccc2nc(/C(=C/N)C(=N)C(F)(F)F)c3c(c12)CCCC3. The smallest absolute Gasteiger partial charge is 0.404 e. The fourth-order valence-corrected chi connectivity index (χ4v) is 5.24. The van der Waals surface area contributed by atoms with E-state index in [1.807, 2.05) is 0 Å². The maximum absolute atomic E-state index is 13.5. The average molecular weight is 529 g/mol. The number of nitrogens with zero attached hydrogens (tertiary/aromatic N) is 3. The van der Waals surface area contributed by atoms with E-state index < -0.39 is 17.5 Å². The van der Waals surface area contributed by atoms with Crippen molar-refractivity contribution in [2.45, 2.75) is 31.9 Å². The number of alkyl halides is 3. The number of aromatic nitrogens is 1. The molecule has 0 unspecified atom stereocenters. The van der Waals surface area contributed by atoms with Crippen LogP contribution in [-0.2, 0) is 12.8 Å². The Morgan fingerprint density at radius 1 is 1.13 bits per heavy atom. The van der Waals surface area contributed by atoms with E-state index in [4.69, 9.17) is 22.3 Å². The van der Waals surface area contributed by atoms with Crippen molar-refractivity contribution in [1.29, 1.82) is 10.8 Å². The van der Waals surface area contributed by atoms with Crippen LogP contribution in [0.2, 0.25) is 0 Å². The van der Waals surface area contributed by atoms with Crippen LogP contribution in [-0.4, -0.2) is 78.7 Å². The average Bonchev–Trinajstić information content (AvgIpc) is 2.89. The zero-order valence-electron chi connectivity index (χ0n) is 21.6. The summed E-state index contributed by atoms with van der Waals surface area (Å²) in [5.74, 6) is 0. The first kappa shape index (κ1) is 27.6. The molecule has 0 atom stereocenters. The molecular formula is C27H35F3N8. The topological polar surface area (TPSA) is 131 Å². The van der Waals surface area contributed by atoms with Gasteiger partial charge in [-0.2, -0.15) is 13.2 Å². The summed E-state index contributed by atoms with van der Waals surface area (Å²) in [5.41, 5.74) is 13.3. The van der Waals surface area contributed by atoms with Crippen molar-refractivity contribution in [1.82, 2.24) is 20.1 Å². The number of fused-ring (bicyclic) bond motifs is 3. The molecule has 0 saturated carbocycles. The minimum absolute atomic E-state index is 0.0726. The Morgan fingerprint density at radius 3 is 2.42 bits per heavy atom. The molecule has 1 aromatic heterocycles. The van der Waals surface area contributed by atoms with Gasteiger partial charge in [0, 0.05) is 67.7 Å². The molecule has 2 aliphatic rings. The quantitative estimate of drug-likeness (QED) is 0.264. The minimum atomic E-state index is -4.86. The van der Waals surface area contributed by atoms with E-state index >= 15 is 0 Å². The first-order valence-corrected chi connectivity index (χ1v) is 12.8. The second-order valence-corrected chi connectivity index (χ2v) is 9.93. The van der Waals surface area contributed by atoms with Crippen LogP contribution in [0, 0.1) is 10.8 Å². The minimum Gasteiger partial charge on any atom is -0.404 e. The molecule has 0 radical (unpaired) electrons. The predicted octanol–water partition coefficient (Wildman–Crippen LogP) is 3.30. The molecule has 1 aliphatic heterocycles. The van der Waals surface area contributed by atoms with Crippen LogP contribution in [0.3, 0.4) is 0 Å². The molecule has 1 fully saturated rings. The molecule has 0 spiro atoms. The van der Waals surface area contributed by atoms with Crippen LogP contribution >= 0.6 is 0 Å². The summed E-state index contributed by atoms with van der Waals surface area (Å²) >= 11 is 0. The van der Waals surface area contributed by atoms with E-state index in [9.17, 15) is 13.2 Å². The lowest BCUT2D eigenvalue weighted by Gasteiger charge is -2.32. The normalized spacial score (nSPS) is 17.3. The number of pyridine rings is 1. The molecule has 0 bridgehead atoms. The summed E-state index contributed by atoms with van der Waals surface area (Å²) in [4.78, 5) is 9.22. The van der Waals surface area contributed by atoms with Gasteiger partial charge in [0.1, 0.15) is 5.71 Å². The van der Waals surface area contributed by atoms with Crippen molar-refractivity contribution < 1.29 is 13.2 Å². The zero-order valence-corrected chi connectivity index (χ0v) is 21.6. The van der Waals surface area contributed by atoms with Crippen LogP contribution < -0.4 is 16.8 Å². The van der Waals surface area contributed by atoms with Gasteiger partial charge >= 0.3 is 6.18 Å². The van der Waals surface area contributed by atoms with Crippen molar-refractivity contribution >= 4 is 33.6 Å². The van der Waals surface area contributed by atoms with Gasteiger partial charge in [0.15, 0.2) is 0 Å². The van der Waals surface area contributed by atoms with Crippen molar-refractivity contribution in [3.63, 3.8) is 0 Å². The molecule has 8 nitrogen and oxygen atoms in total. The molecule has 2 aromatic rings. The van der Waals surface area contributed by atoms with E-state index in [0.29, 0.717) is 52.8 Å². The lowest BCUT2D eigenvalue weighted by molar-refractivity contribution is -0.0578. The van der Waals surface area contributed by atoms with Gasteiger partial charge in [-0.3, -0.25) is 15.7 Å². The molecule has 7 N–H and O–H groups in total. The van der Waals surface area contributed by atoms with Crippen molar-refractivity contribution in [2.75, 3.05) is 52.0 Å². The van der Waals surface area contributed by atoms with E-state index in [1.165, 1.54) is 0 Å². The third-order valence-electron chi connectivity index (χ3n) is 7.39. The molecule has 38 heavy (non-hydrogen) atoms. The third-order valence-corrected chi connectivity index (χ3v) is 7.39. The second kappa shape index (κ2) is 11.1. The highest BCUT2D eigenvalue weighted by Crippen LogP contribution is 2.38. The van der Waals surface area contributed by atoms with E-state index in [2.05, 4.69) is 33.7 Å². The lowest BCUT2D eigenvalue weighted by Crippen LogP contribution is -2.46. The van der Waals surface area contributed by atoms with Gasteiger partial charge in [0.2, 0.25) is 0 Å². The van der Waals surface area contributed by atoms with Gasteiger partial charge < -0.3 is 21.7 Å². The van der Waals surface area contributed by atoms with Gasteiger partial charge in [-0.25, -0.2) is 4.98 Å². The van der Waals surface area contributed by atoms with Gasteiger partial charge in [0.25, 0.3) is 0 Å². The highest BCUT2D eigenvalue weighted by molar-refractivity contribution is 6.26. The Hall–Kier alpha value is -3.44. The van der Waals surface area contributed by atoms with Crippen LogP contribution in [0.25, 0.3) is 16.5 Å². The highest BCUT2D eigenvalue weighted by Gasteiger charge is 2.39. The van der Waals surface area contributed by atoms with Gasteiger partial charge in [-0.1, -0.05) is 6.58 Å². The number of benzene rings is 1. The fraction of sp³-hybridized carbons (Fsp3) is 0.444. The lowest BCUT2D eigenvalue weighted by atomic mass is 9.83. The number of nitrogens with two attached hydrogens (primary N) is 2. The standard InChI is InChI=1S/C27H35F3N8/c1-16(35-9-10-38-13-11-37(2)12-14-38)24(33)23-20(32)7-8-21-22(23)17-5-3-4-6-18(17)25(36-21)19(15-31)26(34)27(28,29)30/h7-8,15,33-35H,1,3-6,9-14,31-32H2,2H3/b19-15-,33-24?,34-26?. The summed E-state index contributed by atoms with van der Waals surface area (Å²) in [6.45, 7) is 9.55. The molecule has 1 saturated heterocycles. The number of piperazine rings is 1. The number of aryl methyl sites for hydroxylation is 1. The first-order chi connectivity index (χ1) is 18.0. The van der Waals surface area contributed by atoms with Crippen molar-refractivity contribution in [2.24, 2.45) is 5.73 Å². The maximum Gasteiger partial charge on any atom is 0.433 e. The molecule has 204 valence electrons. The Kier molecular flexibility index (Phi) is 8.08.